The summed E-state index contributed by atoms with van der Waals surface area (Å²) in [6.07, 6.45) is 0.647. The van der Waals surface area contributed by atoms with Crippen molar-refractivity contribution in [1.82, 2.24) is 24.7 Å². The average Bonchev–Trinajstić information content (AvgIpc) is 3.16. The molecule has 0 atom stereocenters. The molecule has 0 aliphatic heterocycles. The molecule has 31 heavy (non-hydrogen) atoms. The lowest BCUT2D eigenvalue weighted by atomic mass is 10.1. The van der Waals surface area contributed by atoms with Crippen LogP contribution >= 0.6 is 11.6 Å². The van der Waals surface area contributed by atoms with Crippen molar-refractivity contribution in [2.45, 2.75) is 20.3 Å². The number of H-pyrrole nitrogens is 1. The number of nitrogens with zero attached hydrogens (tertiary/aromatic N) is 4. The number of hydrogen-bond acceptors (Lipinski definition) is 5. The molecule has 8 nitrogen and oxygen atoms in total. The van der Waals surface area contributed by atoms with Crippen LogP contribution in [0.3, 0.4) is 0 Å². The molecule has 4 aromatic rings. The molecule has 1 amide bonds. The second kappa shape index (κ2) is 8.53. The first kappa shape index (κ1) is 20.5. The standard InChI is InChI=1S/C22H19ClN6O2/c1-3-16-12-19(30)27-20(25-16)14-5-4-6-17(11-14)26-22(31)21-24-13(2)29(28-21)18-9-7-15(23)8-10-18/h4-12H,3H2,1-2H3,(H,26,31)(H,25,27,30). The molecule has 0 unspecified atom stereocenters. The van der Waals surface area contributed by atoms with Gasteiger partial charge in [0.2, 0.25) is 5.82 Å². The minimum Gasteiger partial charge on any atom is -0.319 e. The normalized spacial score (nSPS) is 10.8. The van der Waals surface area contributed by atoms with Gasteiger partial charge >= 0.3 is 0 Å². The van der Waals surface area contributed by atoms with Crippen molar-refractivity contribution in [3.05, 3.63) is 87.3 Å². The van der Waals surface area contributed by atoms with Gasteiger partial charge in [-0.3, -0.25) is 9.59 Å². The highest BCUT2D eigenvalue weighted by atomic mass is 35.5. The van der Waals surface area contributed by atoms with Gasteiger partial charge in [0.25, 0.3) is 11.5 Å². The second-order valence-corrected chi connectivity index (χ2v) is 7.28. The van der Waals surface area contributed by atoms with Crippen LogP contribution in [0, 0.1) is 6.92 Å². The summed E-state index contributed by atoms with van der Waals surface area (Å²) >= 11 is 5.93. The molecule has 2 aromatic carbocycles. The van der Waals surface area contributed by atoms with Crippen LogP contribution in [-0.4, -0.2) is 30.6 Å². The number of amides is 1. The first-order valence-corrected chi connectivity index (χ1v) is 10.0. The molecule has 2 N–H and O–H groups in total. The molecule has 9 heteroatoms. The summed E-state index contributed by atoms with van der Waals surface area (Å²) in [5.74, 6) is 0.606. The van der Waals surface area contributed by atoms with Gasteiger partial charge in [0.1, 0.15) is 11.6 Å². The monoisotopic (exact) mass is 434 g/mol. The van der Waals surface area contributed by atoms with Gasteiger partial charge in [0.15, 0.2) is 0 Å². The Labute approximate surface area is 183 Å². The van der Waals surface area contributed by atoms with Crippen molar-refractivity contribution in [2.24, 2.45) is 0 Å². The van der Waals surface area contributed by atoms with Crippen molar-refractivity contribution in [3.8, 4) is 17.1 Å². The third kappa shape index (κ3) is 4.54. The molecule has 2 heterocycles. The summed E-state index contributed by atoms with van der Waals surface area (Å²) in [6, 6.07) is 15.6. The number of anilines is 1. The van der Waals surface area contributed by atoms with Gasteiger partial charge in [-0.2, -0.15) is 0 Å². The third-order valence-corrected chi connectivity index (χ3v) is 4.85. The Balaban J connectivity index is 1.58. The molecular weight excluding hydrogens is 416 g/mol. The molecule has 4 rings (SSSR count). The van der Waals surface area contributed by atoms with Gasteiger partial charge in [-0.15, -0.1) is 5.10 Å². The van der Waals surface area contributed by atoms with E-state index in [0.717, 1.165) is 5.69 Å². The fraction of sp³-hybridized carbons (Fsp3) is 0.136. The maximum absolute atomic E-state index is 12.7. The first-order chi connectivity index (χ1) is 14.9. The number of nitrogens with one attached hydrogen (secondary N) is 2. The van der Waals surface area contributed by atoms with E-state index in [4.69, 9.17) is 11.6 Å². The van der Waals surface area contributed by atoms with Crippen molar-refractivity contribution < 1.29 is 4.79 Å². The van der Waals surface area contributed by atoms with Gasteiger partial charge in [-0.1, -0.05) is 30.7 Å². The van der Waals surface area contributed by atoms with Crippen LogP contribution in [0.25, 0.3) is 17.1 Å². The number of carbonyl (C=O) groups is 1. The number of rotatable bonds is 5. The Kier molecular flexibility index (Phi) is 5.64. The lowest BCUT2D eigenvalue weighted by Gasteiger charge is -2.07. The van der Waals surface area contributed by atoms with Crippen LogP contribution in [0.2, 0.25) is 5.02 Å². The van der Waals surface area contributed by atoms with Gasteiger partial charge in [-0.05, 0) is 49.7 Å². The van der Waals surface area contributed by atoms with E-state index < -0.39 is 5.91 Å². The molecule has 0 saturated heterocycles. The van der Waals surface area contributed by atoms with Crippen LogP contribution in [0.4, 0.5) is 5.69 Å². The predicted octanol–water partition coefficient (Wildman–Crippen LogP) is 3.79. The predicted molar refractivity (Wildman–Crippen MR) is 119 cm³/mol. The maximum Gasteiger partial charge on any atom is 0.295 e. The number of benzene rings is 2. The average molecular weight is 435 g/mol. The largest absolute Gasteiger partial charge is 0.319 e. The van der Waals surface area contributed by atoms with E-state index in [1.165, 1.54) is 6.07 Å². The summed E-state index contributed by atoms with van der Waals surface area (Å²) < 4.78 is 1.58. The number of hydrogen-bond donors (Lipinski definition) is 2. The molecule has 0 spiro atoms. The number of halogens is 1. The van der Waals surface area contributed by atoms with E-state index >= 15 is 0 Å². The van der Waals surface area contributed by atoms with Crippen molar-refractivity contribution >= 4 is 23.2 Å². The van der Waals surface area contributed by atoms with E-state index in [0.29, 0.717) is 40.0 Å². The van der Waals surface area contributed by atoms with Crippen LogP contribution < -0.4 is 10.9 Å². The molecule has 0 aliphatic rings. The lowest BCUT2D eigenvalue weighted by molar-refractivity contribution is 0.101. The van der Waals surface area contributed by atoms with Crippen molar-refractivity contribution in [3.63, 3.8) is 0 Å². The zero-order chi connectivity index (χ0) is 22.0. The lowest BCUT2D eigenvalue weighted by Crippen LogP contribution is -2.14. The first-order valence-electron chi connectivity index (χ1n) is 9.64. The van der Waals surface area contributed by atoms with Gasteiger partial charge in [-0.25, -0.2) is 14.6 Å². The Hall–Kier alpha value is -3.78. The fourth-order valence-electron chi connectivity index (χ4n) is 3.07. The third-order valence-electron chi connectivity index (χ3n) is 4.59. The Bertz CT molecular complexity index is 1310. The molecular formula is C22H19ClN6O2. The highest BCUT2D eigenvalue weighted by Gasteiger charge is 2.16. The van der Waals surface area contributed by atoms with Crippen LogP contribution in [0.5, 0.6) is 0 Å². The van der Waals surface area contributed by atoms with Gasteiger partial charge in [0.05, 0.1) is 5.69 Å². The van der Waals surface area contributed by atoms with Crippen LogP contribution in [0.1, 0.15) is 29.1 Å². The quantitative estimate of drug-likeness (QED) is 0.497. The smallest absolute Gasteiger partial charge is 0.295 e. The highest BCUT2D eigenvalue weighted by molar-refractivity contribution is 6.30. The molecule has 0 saturated carbocycles. The molecule has 0 aliphatic carbocycles. The summed E-state index contributed by atoms with van der Waals surface area (Å²) in [5.41, 5.74) is 2.44. The molecule has 0 bridgehead atoms. The van der Waals surface area contributed by atoms with E-state index in [1.807, 2.05) is 13.0 Å². The minimum absolute atomic E-state index is 0.0392. The highest BCUT2D eigenvalue weighted by Crippen LogP contribution is 2.20. The maximum atomic E-state index is 12.7. The van der Waals surface area contributed by atoms with E-state index in [-0.39, 0.29) is 11.4 Å². The van der Waals surface area contributed by atoms with Crippen molar-refractivity contribution in [1.29, 1.82) is 0 Å². The second-order valence-electron chi connectivity index (χ2n) is 6.84. The number of aryl methyl sites for hydroxylation is 2. The minimum atomic E-state index is -0.447. The van der Waals surface area contributed by atoms with Crippen LogP contribution in [-0.2, 0) is 6.42 Å². The molecule has 0 fully saturated rings. The van der Waals surface area contributed by atoms with Gasteiger partial charge < -0.3 is 10.3 Å². The molecule has 156 valence electrons. The van der Waals surface area contributed by atoms with E-state index in [9.17, 15) is 9.59 Å². The number of carbonyl (C=O) groups excluding carboxylic acids is 1. The summed E-state index contributed by atoms with van der Waals surface area (Å²) in [4.78, 5) is 36.0. The Morgan fingerprint density at radius 1 is 1.13 bits per heavy atom. The van der Waals surface area contributed by atoms with Gasteiger partial charge in [0, 0.05) is 28.0 Å². The SMILES string of the molecule is CCc1cc(=O)[nH]c(-c2cccc(NC(=O)c3nc(C)n(-c4ccc(Cl)cc4)n3)c2)n1. The van der Waals surface area contributed by atoms with Crippen molar-refractivity contribution in [2.75, 3.05) is 5.32 Å². The Morgan fingerprint density at radius 2 is 1.90 bits per heavy atom. The summed E-state index contributed by atoms with van der Waals surface area (Å²) in [6.45, 7) is 3.70. The van der Waals surface area contributed by atoms with Crippen LogP contribution in [0.15, 0.2) is 59.4 Å². The Morgan fingerprint density at radius 3 is 2.65 bits per heavy atom. The van der Waals surface area contributed by atoms with E-state index in [2.05, 4.69) is 25.4 Å². The zero-order valence-electron chi connectivity index (χ0n) is 16.9. The molecule has 2 aromatic heterocycles. The summed E-state index contributed by atoms with van der Waals surface area (Å²) in [5, 5.41) is 7.72. The fourth-order valence-corrected chi connectivity index (χ4v) is 3.20. The van der Waals surface area contributed by atoms with E-state index in [1.54, 1.807) is 54.1 Å². The summed E-state index contributed by atoms with van der Waals surface area (Å²) in [7, 11) is 0. The topological polar surface area (TPSA) is 106 Å². The number of aromatic nitrogens is 5. The molecule has 0 radical (unpaired) electrons. The zero-order valence-corrected chi connectivity index (χ0v) is 17.6. The number of aromatic amines is 1.